The van der Waals surface area contributed by atoms with Crippen LogP contribution in [0.3, 0.4) is 0 Å². The first-order chi connectivity index (χ1) is 9.52. The summed E-state index contributed by atoms with van der Waals surface area (Å²) in [5.74, 6) is 0.371. The second kappa shape index (κ2) is 6.58. The first kappa shape index (κ1) is 15.3. The molecule has 7 heteroatoms. The maximum absolute atomic E-state index is 10.7. The van der Waals surface area contributed by atoms with Crippen LogP contribution in [0.25, 0.3) is 0 Å². The van der Waals surface area contributed by atoms with E-state index < -0.39 is 5.97 Å². The summed E-state index contributed by atoms with van der Waals surface area (Å²) in [7, 11) is 1.74. The van der Waals surface area contributed by atoms with E-state index in [0.717, 1.165) is 25.1 Å². The van der Waals surface area contributed by atoms with Crippen molar-refractivity contribution < 1.29 is 14.6 Å². The standard InChI is InChI=1S/C13H21N3O3S/c1-8(2)12-14-15-13(20-7-11(17)18)16(12)9-4-5-10(6-9)19-3/h8-10H,4-7H2,1-3H3,(H,17,18). The molecule has 1 aliphatic carbocycles. The third-order valence-electron chi connectivity index (χ3n) is 3.59. The van der Waals surface area contributed by atoms with E-state index in [0.29, 0.717) is 11.2 Å². The molecule has 1 heterocycles. The highest BCUT2D eigenvalue weighted by Crippen LogP contribution is 2.36. The summed E-state index contributed by atoms with van der Waals surface area (Å²) in [5, 5.41) is 18.0. The van der Waals surface area contributed by atoms with Crippen LogP contribution in [0.5, 0.6) is 0 Å². The highest BCUT2D eigenvalue weighted by atomic mass is 32.2. The normalized spacial score (nSPS) is 22.6. The Morgan fingerprint density at radius 2 is 2.25 bits per heavy atom. The summed E-state index contributed by atoms with van der Waals surface area (Å²) >= 11 is 1.24. The minimum absolute atomic E-state index is 0.0106. The molecule has 2 atom stereocenters. The van der Waals surface area contributed by atoms with Crippen molar-refractivity contribution in [3.8, 4) is 0 Å². The van der Waals surface area contributed by atoms with E-state index >= 15 is 0 Å². The third-order valence-corrected chi connectivity index (χ3v) is 4.52. The number of carbonyl (C=O) groups is 1. The maximum Gasteiger partial charge on any atom is 0.313 e. The molecule has 0 aliphatic heterocycles. The summed E-state index contributed by atoms with van der Waals surface area (Å²) in [5.41, 5.74) is 0. The van der Waals surface area contributed by atoms with Crippen LogP contribution in [0.15, 0.2) is 5.16 Å². The molecule has 1 aromatic rings. The monoisotopic (exact) mass is 299 g/mol. The van der Waals surface area contributed by atoms with Crippen molar-refractivity contribution in [1.29, 1.82) is 0 Å². The van der Waals surface area contributed by atoms with Gasteiger partial charge in [-0.1, -0.05) is 25.6 Å². The average Bonchev–Trinajstić information content (AvgIpc) is 3.02. The molecule has 0 radical (unpaired) electrons. The van der Waals surface area contributed by atoms with Gasteiger partial charge in [0.2, 0.25) is 0 Å². The van der Waals surface area contributed by atoms with E-state index in [1.807, 2.05) is 0 Å². The average molecular weight is 299 g/mol. The third kappa shape index (κ3) is 3.32. The number of thioether (sulfide) groups is 1. The van der Waals surface area contributed by atoms with Crippen LogP contribution in [0, 0.1) is 0 Å². The van der Waals surface area contributed by atoms with Crippen molar-refractivity contribution in [1.82, 2.24) is 14.8 Å². The number of hydrogen-bond acceptors (Lipinski definition) is 5. The van der Waals surface area contributed by atoms with E-state index in [1.165, 1.54) is 11.8 Å². The minimum Gasteiger partial charge on any atom is -0.481 e. The van der Waals surface area contributed by atoms with Crippen molar-refractivity contribution in [2.24, 2.45) is 0 Å². The molecule has 1 N–H and O–H groups in total. The van der Waals surface area contributed by atoms with Gasteiger partial charge in [-0.2, -0.15) is 0 Å². The predicted octanol–water partition coefficient (Wildman–Crippen LogP) is 2.32. The summed E-state index contributed by atoms with van der Waals surface area (Å²) in [4.78, 5) is 10.7. The Morgan fingerprint density at radius 1 is 1.50 bits per heavy atom. The summed E-state index contributed by atoms with van der Waals surface area (Å²) in [6.07, 6.45) is 3.27. The SMILES string of the molecule is COC1CCC(n2c(SCC(=O)O)nnc2C(C)C)C1. The molecule has 0 aromatic carbocycles. The minimum atomic E-state index is -0.836. The molecule has 1 fully saturated rings. The number of aromatic nitrogens is 3. The zero-order valence-electron chi connectivity index (χ0n) is 12.1. The molecule has 0 saturated heterocycles. The van der Waals surface area contributed by atoms with Gasteiger partial charge in [0.25, 0.3) is 0 Å². The Hall–Kier alpha value is -1.08. The van der Waals surface area contributed by atoms with Gasteiger partial charge in [-0.3, -0.25) is 4.79 Å². The summed E-state index contributed by atoms with van der Waals surface area (Å²) < 4.78 is 7.55. The van der Waals surface area contributed by atoms with Crippen LogP contribution in [0.1, 0.15) is 50.9 Å². The van der Waals surface area contributed by atoms with Crippen LogP contribution >= 0.6 is 11.8 Å². The van der Waals surface area contributed by atoms with Gasteiger partial charge >= 0.3 is 5.97 Å². The van der Waals surface area contributed by atoms with Gasteiger partial charge in [-0.05, 0) is 19.3 Å². The molecule has 0 amide bonds. The molecule has 1 aromatic heterocycles. The second-order valence-corrected chi connectivity index (χ2v) is 6.31. The van der Waals surface area contributed by atoms with Gasteiger partial charge < -0.3 is 14.4 Å². The van der Waals surface area contributed by atoms with Gasteiger partial charge in [0, 0.05) is 19.1 Å². The molecule has 1 saturated carbocycles. The Balaban J connectivity index is 2.23. The van der Waals surface area contributed by atoms with Crippen molar-refractivity contribution in [3.63, 3.8) is 0 Å². The molecule has 0 bridgehead atoms. The number of aliphatic carboxylic acids is 1. The smallest absolute Gasteiger partial charge is 0.313 e. The summed E-state index contributed by atoms with van der Waals surface area (Å²) in [6, 6.07) is 0.309. The highest BCUT2D eigenvalue weighted by Gasteiger charge is 2.30. The van der Waals surface area contributed by atoms with Crippen LogP contribution in [-0.4, -0.2) is 44.8 Å². The molecule has 1 aliphatic rings. The fraction of sp³-hybridized carbons (Fsp3) is 0.769. The number of hydrogen-bond donors (Lipinski definition) is 1. The zero-order valence-corrected chi connectivity index (χ0v) is 12.9. The van der Waals surface area contributed by atoms with Gasteiger partial charge in [0.05, 0.1) is 11.9 Å². The van der Waals surface area contributed by atoms with E-state index in [2.05, 4.69) is 28.6 Å². The lowest BCUT2D eigenvalue weighted by Gasteiger charge is -2.18. The topological polar surface area (TPSA) is 77.2 Å². The van der Waals surface area contributed by atoms with E-state index in [9.17, 15) is 4.79 Å². The van der Waals surface area contributed by atoms with Crippen LogP contribution in [0.2, 0.25) is 0 Å². The fourth-order valence-corrected chi connectivity index (χ4v) is 3.35. The number of methoxy groups -OCH3 is 1. The van der Waals surface area contributed by atoms with Crippen molar-refractivity contribution in [2.45, 2.75) is 56.3 Å². The van der Waals surface area contributed by atoms with Crippen LogP contribution < -0.4 is 0 Å². The number of carboxylic acids is 1. The predicted molar refractivity (Wildman–Crippen MR) is 76.2 cm³/mol. The quantitative estimate of drug-likeness (QED) is 0.812. The van der Waals surface area contributed by atoms with Crippen LogP contribution in [0.4, 0.5) is 0 Å². The van der Waals surface area contributed by atoms with E-state index in [1.54, 1.807) is 7.11 Å². The lowest BCUT2D eigenvalue weighted by molar-refractivity contribution is -0.133. The van der Waals surface area contributed by atoms with Gasteiger partial charge in [-0.25, -0.2) is 0 Å². The fourth-order valence-electron chi connectivity index (χ4n) is 2.62. The molecule has 2 rings (SSSR count). The van der Waals surface area contributed by atoms with E-state index in [4.69, 9.17) is 9.84 Å². The molecule has 0 spiro atoms. The van der Waals surface area contributed by atoms with Crippen molar-refractivity contribution in [3.05, 3.63) is 5.82 Å². The Labute approximate surface area is 122 Å². The Bertz CT molecular complexity index is 475. The summed E-state index contributed by atoms with van der Waals surface area (Å²) in [6.45, 7) is 4.16. The second-order valence-electron chi connectivity index (χ2n) is 5.37. The molecular formula is C13H21N3O3S. The first-order valence-electron chi connectivity index (χ1n) is 6.85. The first-order valence-corrected chi connectivity index (χ1v) is 7.83. The number of carboxylic acid groups (broad SMARTS) is 1. The lowest BCUT2D eigenvalue weighted by atomic mass is 10.1. The number of ether oxygens (including phenoxy) is 1. The van der Waals surface area contributed by atoms with Crippen LogP contribution in [-0.2, 0) is 9.53 Å². The maximum atomic E-state index is 10.7. The number of rotatable bonds is 6. The van der Waals surface area contributed by atoms with E-state index in [-0.39, 0.29) is 17.8 Å². The molecule has 112 valence electrons. The number of nitrogens with zero attached hydrogens (tertiary/aromatic N) is 3. The van der Waals surface area contributed by atoms with Crippen molar-refractivity contribution in [2.75, 3.05) is 12.9 Å². The molecule has 2 unspecified atom stereocenters. The molecule has 20 heavy (non-hydrogen) atoms. The Morgan fingerprint density at radius 3 is 2.80 bits per heavy atom. The highest BCUT2D eigenvalue weighted by molar-refractivity contribution is 7.99. The molecule has 6 nitrogen and oxygen atoms in total. The van der Waals surface area contributed by atoms with Crippen molar-refractivity contribution >= 4 is 17.7 Å². The zero-order chi connectivity index (χ0) is 14.7. The Kier molecular flexibility index (Phi) is 5.04. The van der Waals surface area contributed by atoms with Gasteiger partial charge in [-0.15, -0.1) is 10.2 Å². The lowest BCUT2D eigenvalue weighted by Crippen LogP contribution is -2.14. The molecular weight excluding hydrogens is 278 g/mol. The van der Waals surface area contributed by atoms with Gasteiger partial charge in [0.15, 0.2) is 5.16 Å². The van der Waals surface area contributed by atoms with Gasteiger partial charge in [0.1, 0.15) is 5.82 Å². The largest absolute Gasteiger partial charge is 0.481 e.